The number of nitrogens with one attached hydrogen (secondary N) is 1. The third kappa shape index (κ3) is 6.01. The Morgan fingerprint density at radius 2 is 1.73 bits per heavy atom. The summed E-state index contributed by atoms with van der Waals surface area (Å²) in [5.74, 6) is 0.998. The Labute approximate surface area is 196 Å². The second kappa shape index (κ2) is 11.1. The van der Waals surface area contributed by atoms with Gasteiger partial charge in [0.05, 0.1) is 11.0 Å². The van der Waals surface area contributed by atoms with Gasteiger partial charge in [0.1, 0.15) is 12.4 Å². The molecule has 0 radical (unpaired) electrons. The standard InChI is InChI=1S/C27H34N4O2/c1-30(22-12-6-3-7-13-22)27(33)20-31-24-15-9-8-14-23(24)29-25(31)18-19-28-26(32)17-16-21-10-4-2-5-11-21/h2,4-5,8-11,14-15,22H,3,6-7,12-13,16-20H2,1H3,(H,28,32). The number of hydrogen-bond donors (Lipinski definition) is 1. The molecule has 6 heteroatoms. The molecule has 1 saturated carbocycles. The van der Waals surface area contributed by atoms with Crippen molar-refractivity contribution in [3.63, 3.8) is 0 Å². The number of aromatic nitrogens is 2. The Morgan fingerprint density at radius 3 is 2.52 bits per heavy atom. The lowest BCUT2D eigenvalue weighted by atomic mass is 9.94. The highest BCUT2D eigenvalue weighted by Crippen LogP contribution is 2.23. The van der Waals surface area contributed by atoms with Crippen LogP contribution in [0, 0.1) is 0 Å². The topological polar surface area (TPSA) is 67.2 Å². The maximum atomic E-state index is 13.1. The highest BCUT2D eigenvalue weighted by Gasteiger charge is 2.23. The molecule has 4 rings (SSSR count). The molecular weight excluding hydrogens is 412 g/mol. The van der Waals surface area contributed by atoms with Crippen LogP contribution in [-0.4, -0.2) is 45.9 Å². The summed E-state index contributed by atoms with van der Waals surface area (Å²) in [6, 6.07) is 18.3. The minimum absolute atomic E-state index is 0.0367. The van der Waals surface area contributed by atoms with Gasteiger partial charge in [-0.3, -0.25) is 9.59 Å². The molecule has 174 valence electrons. The highest BCUT2D eigenvalue weighted by atomic mass is 16.2. The molecule has 1 aliphatic rings. The van der Waals surface area contributed by atoms with Crippen molar-refractivity contribution in [1.29, 1.82) is 0 Å². The summed E-state index contributed by atoms with van der Waals surface area (Å²) in [4.78, 5) is 32.1. The van der Waals surface area contributed by atoms with Gasteiger partial charge in [0.15, 0.2) is 0 Å². The summed E-state index contributed by atoms with van der Waals surface area (Å²) >= 11 is 0. The number of carbonyl (C=O) groups excluding carboxylic acids is 2. The smallest absolute Gasteiger partial charge is 0.242 e. The maximum Gasteiger partial charge on any atom is 0.242 e. The number of benzene rings is 2. The van der Waals surface area contributed by atoms with E-state index in [1.54, 1.807) is 0 Å². The molecule has 33 heavy (non-hydrogen) atoms. The van der Waals surface area contributed by atoms with E-state index in [0.29, 0.717) is 25.4 Å². The van der Waals surface area contributed by atoms with E-state index in [1.807, 2.05) is 71.1 Å². The molecule has 0 saturated heterocycles. The molecule has 0 aliphatic heterocycles. The number of aryl methyl sites for hydroxylation is 1. The second-order valence-corrected chi connectivity index (χ2v) is 8.98. The maximum absolute atomic E-state index is 13.1. The number of rotatable bonds is 9. The van der Waals surface area contributed by atoms with E-state index >= 15 is 0 Å². The number of likely N-dealkylation sites (N-methyl/N-ethyl adjacent to an activating group) is 1. The van der Waals surface area contributed by atoms with Crippen LogP contribution in [0.15, 0.2) is 54.6 Å². The number of fused-ring (bicyclic) bond motifs is 1. The molecule has 0 bridgehead atoms. The third-order valence-corrected chi connectivity index (χ3v) is 6.70. The van der Waals surface area contributed by atoms with Crippen LogP contribution in [0.2, 0.25) is 0 Å². The quantitative estimate of drug-likeness (QED) is 0.538. The van der Waals surface area contributed by atoms with Crippen LogP contribution in [0.1, 0.15) is 49.9 Å². The van der Waals surface area contributed by atoms with E-state index in [9.17, 15) is 9.59 Å². The summed E-state index contributed by atoms with van der Waals surface area (Å²) in [6.07, 6.45) is 7.64. The van der Waals surface area contributed by atoms with Crippen molar-refractivity contribution in [3.05, 3.63) is 66.0 Å². The normalized spacial score (nSPS) is 14.3. The zero-order chi connectivity index (χ0) is 23.0. The molecule has 3 aromatic rings. The second-order valence-electron chi connectivity index (χ2n) is 8.98. The van der Waals surface area contributed by atoms with Crippen LogP contribution in [0.5, 0.6) is 0 Å². The molecule has 0 unspecified atom stereocenters. The van der Waals surface area contributed by atoms with Gasteiger partial charge in [-0.05, 0) is 37.0 Å². The van der Waals surface area contributed by atoms with Gasteiger partial charge in [-0.25, -0.2) is 4.98 Å². The van der Waals surface area contributed by atoms with Crippen LogP contribution >= 0.6 is 0 Å². The van der Waals surface area contributed by atoms with Crippen LogP contribution in [0.25, 0.3) is 11.0 Å². The van der Waals surface area contributed by atoms with Gasteiger partial charge in [-0.1, -0.05) is 61.7 Å². The molecule has 1 aromatic heterocycles. The predicted molar refractivity (Wildman–Crippen MR) is 131 cm³/mol. The van der Waals surface area contributed by atoms with Crippen LogP contribution in [-0.2, 0) is 29.0 Å². The number of nitrogens with zero attached hydrogens (tertiary/aromatic N) is 3. The average molecular weight is 447 g/mol. The van der Waals surface area contributed by atoms with Gasteiger partial charge in [0.2, 0.25) is 11.8 Å². The first kappa shape index (κ1) is 23.0. The van der Waals surface area contributed by atoms with E-state index in [2.05, 4.69) is 5.32 Å². The minimum Gasteiger partial charge on any atom is -0.356 e. The fourth-order valence-electron chi connectivity index (χ4n) is 4.72. The molecule has 2 aromatic carbocycles. The van der Waals surface area contributed by atoms with Gasteiger partial charge < -0.3 is 14.8 Å². The zero-order valence-electron chi connectivity index (χ0n) is 19.5. The molecule has 1 N–H and O–H groups in total. The number of imidazole rings is 1. The van der Waals surface area contributed by atoms with Crippen LogP contribution in [0.4, 0.5) is 0 Å². The van der Waals surface area contributed by atoms with Crippen molar-refractivity contribution in [2.45, 2.75) is 64.0 Å². The highest BCUT2D eigenvalue weighted by molar-refractivity contribution is 5.81. The first-order valence-corrected chi connectivity index (χ1v) is 12.1. The van der Waals surface area contributed by atoms with Gasteiger partial charge in [-0.2, -0.15) is 0 Å². The lowest BCUT2D eigenvalue weighted by Crippen LogP contribution is -2.40. The number of hydrogen-bond acceptors (Lipinski definition) is 3. The summed E-state index contributed by atoms with van der Waals surface area (Å²) < 4.78 is 2.02. The van der Waals surface area contributed by atoms with Crippen molar-refractivity contribution < 1.29 is 9.59 Å². The van der Waals surface area contributed by atoms with Gasteiger partial charge in [0, 0.05) is 32.5 Å². The van der Waals surface area contributed by atoms with E-state index in [-0.39, 0.29) is 18.4 Å². The SMILES string of the molecule is CN(C(=O)Cn1c(CCNC(=O)CCc2ccccc2)nc2ccccc21)C1CCCCC1. The molecule has 1 fully saturated rings. The van der Waals surface area contributed by atoms with Crippen molar-refractivity contribution >= 4 is 22.8 Å². The number of amides is 2. The first-order valence-electron chi connectivity index (χ1n) is 12.1. The Bertz CT molecular complexity index is 1070. The fourth-order valence-corrected chi connectivity index (χ4v) is 4.72. The van der Waals surface area contributed by atoms with Crippen molar-refractivity contribution in [2.75, 3.05) is 13.6 Å². The summed E-state index contributed by atoms with van der Waals surface area (Å²) in [5.41, 5.74) is 3.01. The van der Waals surface area contributed by atoms with Crippen molar-refractivity contribution in [2.24, 2.45) is 0 Å². The van der Waals surface area contributed by atoms with E-state index in [1.165, 1.54) is 19.3 Å². The molecule has 0 atom stereocenters. The number of carbonyl (C=O) groups is 2. The molecule has 1 aliphatic carbocycles. The molecule has 2 amide bonds. The average Bonchev–Trinajstić information content (AvgIpc) is 3.20. The third-order valence-electron chi connectivity index (χ3n) is 6.70. The largest absolute Gasteiger partial charge is 0.356 e. The van der Waals surface area contributed by atoms with Crippen molar-refractivity contribution in [1.82, 2.24) is 19.8 Å². The first-order chi connectivity index (χ1) is 16.1. The predicted octanol–water partition coefficient (Wildman–Crippen LogP) is 4.12. The van der Waals surface area contributed by atoms with Crippen LogP contribution < -0.4 is 5.32 Å². The molecule has 0 spiro atoms. The lowest BCUT2D eigenvalue weighted by Gasteiger charge is -2.31. The van der Waals surface area contributed by atoms with Crippen LogP contribution in [0.3, 0.4) is 0 Å². The number of para-hydroxylation sites is 2. The Balaban J connectivity index is 1.37. The van der Waals surface area contributed by atoms with Gasteiger partial charge in [-0.15, -0.1) is 0 Å². The molecule has 6 nitrogen and oxygen atoms in total. The zero-order valence-corrected chi connectivity index (χ0v) is 19.5. The summed E-state index contributed by atoms with van der Waals surface area (Å²) in [7, 11) is 1.93. The lowest BCUT2D eigenvalue weighted by molar-refractivity contribution is -0.133. The monoisotopic (exact) mass is 446 g/mol. The Morgan fingerprint density at radius 1 is 1.00 bits per heavy atom. The van der Waals surface area contributed by atoms with E-state index < -0.39 is 0 Å². The fraction of sp³-hybridized carbons (Fsp3) is 0.444. The summed E-state index contributed by atoms with van der Waals surface area (Å²) in [6.45, 7) is 0.786. The van der Waals surface area contributed by atoms with E-state index in [0.717, 1.165) is 41.7 Å². The van der Waals surface area contributed by atoms with Gasteiger partial charge >= 0.3 is 0 Å². The summed E-state index contributed by atoms with van der Waals surface area (Å²) in [5, 5.41) is 3.01. The van der Waals surface area contributed by atoms with Crippen molar-refractivity contribution in [3.8, 4) is 0 Å². The molecule has 1 heterocycles. The van der Waals surface area contributed by atoms with E-state index in [4.69, 9.17) is 4.98 Å². The Hall–Kier alpha value is -3.15. The Kier molecular flexibility index (Phi) is 7.76. The molecular formula is C27H34N4O2. The van der Waals surface area contributed by atoms with Gasteiger partial charge in [0.25, 0.3) is 0 Å². The minimum atomic E-state index is 0.0367.